The topological polar surface area (TPSA) is 276 Å². The highest BCUT2D eigenvalue weighted by Crippen LogP contribution is 2.40. The third-order valence-electron chi connectivity index (χ3n) is 3.69. The van der Waals surface area contributed by atoms with Gasteiger partial charge in [-0.3, -0.25) is 34.9 Å². The van der Waals surface area contributed by atoms with Gasteiger partial charge in [0.05, 0.1) is 26.9 Å². The number of unbranched alkanes of at least 4 members (excludes halogenated alkanes) is 1. The normalized spacial score (nSPS) is 14.0. The van der Waals surface area contributed by atoms with Gasteiger partial charge in [0.1, 0.15) is 17.3 Å². The van der Waals surface area contributed by atoms with Crippen LogP contribution in [0.5, 0.6) is 5.75 Å². The second-order valence-corrected chi connectivity index (χ2v) is 10.6. The van der Waals surface area contributed by atoms with Gasteiger partial charge in [0, 0.05) is 6.42 Å². The fourth-order valence-electron chi connectivity index (χ4n) is 1.95. The second kappa shape index (κ2) is 11.7. The highest BCUT2D eigenvalue weighted by molar-refractivity contribution is 8.00. The lowest BCUT2D eigenvalue weighted by molar-refractivity contribution is -0.404. The largest absolute Gasteiger partial charge is 0.497 e. The van der Waals surface area contributed by atoms with E-state index in [0.717, 1.165) is 12.8 Å². The molecule has 7 N–H and O–H groups in total. The van der Waals surface area contributed by atoms with Crippen LogP contribution < -0.4 is 10.9 Å². The van der Waals surface area contributed by atoms with Crippen LogP contribution in [-0.2, 0) is 18.9 Å². The summed E-state index contributed by atoms with van der Waals surface area (Å²) in [6.07, 6.45) is 1.63. The number of phenolic OH excluding ortho intramolecular Hbond substituents is 1. The Morgan fingerprint density at radius 3 is 1.84 bits per heavy atom. The van der Waals surface area contributed by atoms with E-state index in [2.05, 4.69) is 0 Å². The molecular weight excluding hydrogens is 465 g/mol. The molecule has 0 spiro atoms. The molecule has 0 radical (unpaired) electrons. The summed E-state index contributed by atoms with van der Waals surface area (Å²) in [6, 6.07) is 0.894. The number of nitrogens with two attached hydrogens (primary N) is 2. The maximum Gasteiger partial charge on any atom is 0.342 e. The number of nitro groups is 3. The van der Waals surface area contributed by atoms with Gasteiger partial charge in [0.2, 0.25) is 0 Å². The molecule has 0 aliphatic rings. The zero-order chi connectivity index (χ0) is 24.6. The molecule has 0 heterocycles. The Morgan fingerprint density at radius 2 is 1.52 bits per heavy atom. The molecule has 0 saturated heterocycles. The van der Waals surface area contributed by atoms with E-state index in [9.17, 15) is 39.1 Å². The Bertz CT molecular complexity index is 886. The molecule has 16 nitrogen and oxygen atoms in total. The van der Waals surface area contributed by atoms with E-state index in [1.165, 1.54) is 0 Å². The number of hydrogen-bond donors (Lipinski definition) is 5. The quantitative estimate of drug-likeness (QED) is 0.134. The standard InChI is InChI=1S/C7H19N2O4PS.C6H3N3O7/c1-2-3-5-15(9,13)6-4-7(8)14(10,11)12;10-6-4(8(13)14)1-3(7(11)12)2-5(6)9(15)16/h7H,2-6,8H2,1H3,(H3-,9,10,11,12,13);1-2,10H/p+1. The molecule has 0 bridgehead atoms. The van der Waals surface area contributed by atoms with Gasteiger partial charge in [-0.1, -0.05) is 17.6 Å². The molecule has 0 aliphatic carbocycles. The number of aromatic hydroxyl groups is 1. The van der Waals surface area contributed by atoms with E-state index in [1.54, 1.807) is 0 Å². The zero-order valence-electron chi connectivity index (χ0n) is 16.2. The number of nitrogens with zero attached hydrogens (tertiary/aromatic N) is 3. The van der Waals surface area contributed by atoms with Crippen LogP contribution in [0.1, 0.15) is 26.2 Å². The van der Waals surface area contributed by atoms with Crippen molar-refractivity contribution in [2.45, 2.75) is 32.0 Å². The number of benzene rings is 1. The third kappa shape index (κ3) is 9.86. The molecule has 1 rings (SSSR count). The van der Waals surface area contributed by atoms with E-state index >= 15 is 0 Å². The van der Waals surface area contributed by atoms with E-state index < -0.39 is 61.1 Å². The number of hydrogen-bond acceptors (Lipinski definition) is 10. The molecule has 176 valence electrons. The van der Waals surface area contributed by atoms with Crippen LogP contribution >= 0.6 is 7.60 Å². The lowest BCUT2D eigenvalue weighted by Gasteiger charge is -2.13. The minimum atomic E-state index is -4.27. The lowest BCUT2D eigenvalue weighted by Crippen LogP contribution is -2.33. The maximum absolute atomic E-state index is 11.6. The number of nitro benzene ring substituents is 3. The molecular formula is C13H23N5O11PS+. The van der Waals surface area contributed by atoms with Crippen molar-refractivity contribution in [1.29, 1.82) is 0 Å². The van der Waals surface area contributed by atoms with E-state index in [4.69, 9.17) is 25.8 Å². The molecule has 31 heavy (non-hydrogen) atoms. The molecule has 0 amide bonds. The summed E-state index contributed by atoms with van der Waals surface area (Å²) in [4.78, 5) is 45.2. The molecule has 1 aromatic rings. The van der Waals surface area contributed by atoms with Gasteiger partial charge in [0.25, 0.3) is 11.4 Å². The molecule has 0 aromatic heterocycles. The van der Waals surface area contributed by atoms with Gasteiger partial charge in [-0.2, -0.15) is 0 Å². The van der Waals surface area contributed by atoms with Crippen molar-refractivity contribution in [3.63, 3.8) is 0 Å². The molecule has 0 saturated carbocycles. The lowest BCUT2D eigenvalue weighted by atomic mass is 10.2. The molecule has 2 unspecified atom stereocenters. The number of non-ortho nitro benzene ring substituents is 1. The second-order valence-electron chi connectivity index (χ2n) is 6.18. The monoisotopic (exact) mass is 488 g/mol. The summed E-state index contributed by atoms with van der Waals surface area (Å²) >= 11 is 0. The number of rotatable bonds is 10. The van der Waals surface area contributed by atoms with Crippen LogP contribution in [0.15, 0.2) is 12.1 Å². The van der Waals surface area contributed by atoms with Crippen molar-refractivity contribution >= 4 is 34.8 Å². The SMILES string of the molecule is CCCC[S+](N)(=O)CCC(N)P(=O)(O)O.O=[N+]([O-])c1cc([N+](=O)[O-])c(O)c([N+](=O)[O-])c1. The average molecular weight is 488 g/mol. The Kier molecular flexibility index (Phi) is 10.8. The van der Waals surface area contributed by atoms with Crippen LogP contribution in [0.2, 0.25) is 0 Å². The van der Waals surface area contributed by atoms with E-state index in [0.29, 0.717) is 17.9 Å². The van der Waals surface area contributed by atoms with Gasteiger partial charge >= 0.3 is 19.0 Å². The van der Waals surface area contributed by atoms with Crippen molar-refractivity contribution in [1.82, 2.24) is 0 Å². The van der Waals surface area contributed by atoms with Crippen molar-refractivity contribution in [3.8, 4) is 5.75 Å². The first-order valence-corrected chi connectivity index (χ1v) is 12.1. The minimum absolute atomic E-state index is 0.0106. The minimum Gasteiger partial charge on any atom is -0.497 e. The highest BCUT2D eigenvalue weighted by atomic mass is 32.3. The molecule has 18 heteroatoms. The first-order chi connectivity index (χ1) is 14.0. The Labute approximate surface area is 176 Å². The van der Waals surface area contributed by atoms with Gasteiger partial charge < -0.3 is 20.6 Å². The summed E-state index contributed by atoms with van der Waals surface area (Å²) in [5.74, 6) is -2.01. The molecule has 2 atom stereocenters. The first kappa shape index (κ1) is 28.4. The van der Waals surface area contributed by atoms with E-state index in [-0.39, 0.29) is 12.2 Å². The zero-order valence-corrected chi connectivity index (χ0v) is 17.9. The summed E-state index contributed by atoms with van der Waals surface area (Å²) in [5.41, 5.74) is 2.24. The summed E-state index contributed by atoms with van der Waals surface area (Å²) in [6.45, 7) is 1.96. The van der Waals surface area contributed by atoms with E-state index in [1.807, 2.05) is 6.92 Å². The van der Waals surface area contributed by atoms with Crippen LogP contribution in [0.25, 0.3) is 0 Å². The Balaban J connectivity index is 0.000000582. The van der Waals surface area contributed by atoms with Crippen LogP contribution in [-0.4, -0.2) is 47.0 Å². The first-order valence-electron chi connectivity index (χ1n) is 8.41. The van der Waals surface area contributed by atoms with Crippen molar-refractivity contribution in [2.24, 2.45) is 10.9 Å². The van der Waals surface area contributed by atoms with Crippen molar-refractivity contribution in [3.05, 3.63) is 42.5 Å². The van der Waals surface area contributed by atoms with Crippen molar-refractivity contribution in [2.75, 3.05) is 11.5 Å². The Morgan fingerprint density at radius 1 is 1.06 bits per heavy atom. The van der Waals surface area contributed by atoms with Crippen LogP contribution in [0.3, 0.4) is 0 Å². The molecule has 0 aliphatic heterocycles. The molecule has 0 fully saturated rings. The third-order valence-corrected chi connectivity index (χ3v) is 6.72. The summed E-state index contributed by atoms with van der Waals surface area (Å²) in [7, 11) is -6.74. The fraction of sp³-hybridized carbons (Fsp3) is 0.538. The van der Waals surface area contributed by atoms with Crippen molar-refractivity contribution < 1.29 is 38.4 Å². The smallest absolute Gasteiger partial charge is 0.342 e. The molecule has 1 aromatic carbocycles. The predicted molar refractivity (Wildman–Crippen MR) is 110 cm³/mol. The van der Waals surface area contributed by atoms with Crippen LogP contribution in [0, 0.1) is 30.3 Å². The fourth-order valence-corrected chi connectivity index (χ4v) is 4.23. The summed E-state index contributed by atoms with van der Waals surface area (Å²) in [5, 5.41) is 45.7. The average Bonchev–Trinajstić information content (AvgIpc) is 2.63. The van der Waals surface area contributed by atoms with Gasteiger partial charge in [-0.05, 0) is 6.42 Å². The Hall–Kier alpha value is -2.56. The van der Waals surface area contributed by atoms with Gasteiger partial charge in [0.15, 0.2) is 10.1 Å². The highest BCUT2D eigenvalue weighted by Gasteiger charge is 2.31. The van der Waals surface area contributed by atoms with Gasteiger partial charge in [-0.15, -0.1) is 5.14 Å². The summed E-state index contributed by atoms with van der Waals surface area (Å²) < 4.78 is 22.3. The van der Waals surface area contributed by atoms with Crippen LogP contribution in [0.4, 0.5) is 17.1 Å². The predicted octanol–water partition coefficient (Wildman–Crippen LogP) is 1.13. The number of phenols is 1. The maximum atomic E-state index is 11.6. The van der Waals surface area contributed by atoms with Gasteiger partial charge in [-0.25, -0.2) is 0 Å².